The molecule has 6 rings (SSSR count). The van der Waals surface area contributed by atoms with E-state index in [1.165, 1.54) is 11.3 Å². The van der Waals surface area contributed by atoms with E-state index in [2.05, 4.69) is 35.6 Å². The lowest BCUT2D eigenvalue weighted by Gasteiger charge is -2.19. The molecule has 1 amide bonds. The number of carbonyl (C=O) groups excluding carboxylic acids is 1. The zero-order valence-corrected chi connectivity index (χ0v) is 28.6. The maximum absolute atomic E-state index is 13.3. The van der Waals surface area contributed by atoms with Crippen LogP contribution in [0.1, 0.15) is 22.6 Å². The first-order chi connectivity index (χ1) is 23.8. The highest BCUT2D eigenvalue weighted by molar-refractivity contribution is 7.07. The Kier molecular flexibility index (Phi) is 11.9. The Morgan fingerprint density at radius 2 is 1.45 bits per heavy atom. The Morgan fingerprint density at radius 1 is 0.816 bits per heavy atom. The van der Waals surface area contributed by atoms with Gasteiger partial charge < -0.3 is 20.5 Å². The van der Waals surface area contributed by atoms with Crippen LogP contribution in [0.5, 0.6) is 11.8 Å². The number of ether oxygens (including phenoxy) is 2. The smallest absolute Gasteiger partial charge is 0.241 e. The third-order valence-corrected chi connectivity index (χ3v) is 7.94. The van der Waals surface area contributed by atoms with E-state index in [1.54, 1.807) is 44.3 Å². The summed E-state index contributed by atoms with van der Waals surface area (Å²) in [5.74, 6) is 0.802. The molecule has 49 heavy (non-hydrogen) atoms. The highest BCUT2D eigenvalue weighted by atomic mass is 32.1. The summed E-state index contributed by atoms with van der Waals surface area (Å²) in [5.41, 5.74) is 16.0. The first-order valence-electron chi connectivity index (χ1n) is 15.5. The molecule has 0 saturated carbocycles. The van der Waals surface area contributed by atoms with Crippen LogP contribution < -0.4 is 25.8 Å². The minimum atomic E-state index is -0.445. The summed E-state index contributed by atoms with van der Waals surface area (Å²) in [4.78, 5) is 34.9. The molecule has 0 spiro atoms. The number of aryl methyl sites for hydroxylation is 2. The molecule has 0 aliphatic carbocycles. The summed E-state index contributed by atoms with van der Waals surface area (Å²) in [6.45, 7) is 4.37. The van der Waals surface area contributed by atoms with E-state index >= 15 is 0 Å². The second-order valence-electron chi connectivity index (χ2n) is 11.1. The van der Waals surface area contributed by atoms with Gasteiger partial charge in [-0.3, -0.25) is 20.1 Å². The summed E-state index contributed by atoms with van der Waals surface area (Å²) in [7, 11) is 3.13. The van der Waals surface area contributed by atoms with Crippen LogP contribution >= 0.6 is 11.3 Å². The quantitative estimate of drug-likeness (QED) is 0.143. The average Bonchev–Trinajstić information content (AvgIpc) is 3.64. The lowest BCUT2D eigenvalue weighted by Crippen LogP contribution is -2.42. The van der Waals surface area contributed by atoms with E-state index in [0.29, 0.717) is 41.8 Å². The molecule has 0 fully saturated rings. The molecule has 0 radical (unpaired) electrons. The van der Waals surface area contributed by atoms with Crippen molar-refractivity contribution in [1.82, 2.24) is 30.2 Å². The zero-order valence-electron chi connectivity index (χ0n) is 27.8. The number of nitrogens with two attached hydrogens (primary N) is 1. The molecule has 5 aromatic heterocycles. The Morgan fingerprint density at radius 3 is 2.04 bits per heavy atom. The predicted octanol–water partition coefficient (Wildman–Crippen LogP) is 6.30. The fourth-order valence-corrected chi connectivity index (χ4v) is 5.47. The number of anilines is 2. The largest absolute Gasteiger partial charge is 0.481 e. The first-order valence-corrected chi connectivity index (χ1v) is 16.4. The second kappa shape index (κ2) is 16.9. The van der Waals surface area contributed by atoms with Crippen molar-refractivity contribution in [2.24, 2.45) is 0 Å². The third-order valence-electron chi connectivity index (χ3n) is 7.31. The molecule has 0 unspecified atom stereocenters. The summed E-state index contributed by atoms with van der Waals surface area (Å²) >= 11 is 1.53. The van der Waals surface area contributed by atoms with Crippen molar-refractivity contribution >= 4 is 28.6 Å². The Bertz CT molecular complexity index is 1970. The van der Waals surface area contributed by atoms with Crippen LogP contribution in [0.3, 0.4) is 0 Å². The molecule has 1 atom stereocenters. The number of benzene rings is 1. The van der Waals surface area contributed by atoms with Gasteiger partial charge in [-0.1, -0.05) is 30.3 Å². The van der Waals surface area contributed by atoms with Gasteiger partial charge in [0.25, 0.3) is 0 Å². The number of thiazole rings is 1. The van der Waals surface area contributed by atoms with E-state index in [1.807, 2.05) is 86.0 Å². The monoisotopic (exact) mass is 674 g/mol. The maximum Gasteiger partial charge on any atom is 0.241 e. The number of carbonyl (C=O) groups is 1. The van der Waals surface area contributed by atoms with Crippen molar-refractivity contribution in [2.75, 3.05) is 25.3 Å². The van der Waals surface area contributed by atoms with Crippen molar-refractivity contribution in [3.63, 3.8) is 0 Å². The van der Waals surface area contributed by atoms with Crippen LogP contribution in [0.4, 0.5) is 11.4 Å². The number of methoxy groups -OCH3 is 2. The van der Waals surface area contributed by atoms with Gasteiger partial charge in [0.2, 0.25) is 17.7 Å². The van der Waals surface area contributed by atoms with Gasteiger partial charge in [-0.15, -0.1) is 11.3 Å². The van der Waals surface area contributed by atoms with E-state index in [4.69, 9.17) is 15.2 Å². The molecule has 1 aromatic carbocycles. The van der Waals surface area contributed by atoms with Crippen LogP contribution in [0, 0.1) is 13.8 Å². The van der Waals surface area contributed by atoms with Gasteiger partial charge in [0, 0.05) is 70.3 Å². The summed E-state index contributed by atoms with van der Waals surface area (Å²) in [6, 6.07) is 24.3. The predicted molar refractivity (Wildman–Crippen MR) is 193 cm³/mol. The van der Waals surface area contributed by atoms with Crippen molar-refractivity contribution in [3.05, 3.63) is 125 Å². The van der Waals surface area contributed by atoms with Crippen molar-refractivity contribution in [3.8, 4) is 34.3 Å². The van der Waals surface area contributed by atoms with Gasteiger partial charge in [0.15, 0.2) is 0 Å². The first kappa shape index (κ1) is 34.6. The topological polar surface area (TPSA) is 150 Å². The van der Waals surface area contributed by atoms with E-state index in [0.717, 1.165) is 39.5 Å². The van der Waals surface area contributed by atoms with Crippen LogP contribution in [0.25, 0.3) is 22.5 Å². The summed E-state index contributed by atoms with van der Waals surface area (Å²) in [6.07, 6.45) is 4.04. The number of aromatic nitrogens is 5. The average molecular weight is 675 g/mol. The zero-order chi connectivity index (χ0) is 34.6. The number of nitrogens with zero attached hydrogens (tertiary/aromatic N) is 5. The highest BCUT2D eigenvalue weighted by Gasteiger charge is 2.20. The number of nitrogens with one attached hydrogen (secondary N) is 2. The van der Waals surface area contributed by atoms with Gasteiger partial charge in [0.05, 0.1) is 42.9 Å². The van der Waals surface area contributed by atoms with Gasteiger partial charge in [0.1, 0.15) is 0 Å². The molecule has 12 heteroatoms. The van der Waals surface area contributed by atoms with Crippen molar-refractivity contribution < 1.29 is 14.3 Å². The van der Waals surface area contributed by atoms with E-state index in [9.17, 15) is 4.79 Å². The molecule has 0 aliphatic rings. The molecule has 5 heterocycles. The molecule has 6 aromatic rings. The van der Waals surface area contributed by atoms with Crippen LogP contribution in [-0.4, -0.2) is 51.1 Å². The van der Waals surface area contributed by atoms with E-state index in [-0.39, 0.29) is 5.91 Å². The number of hydrogen-bond donors (Lipinski definition) is 3. The van der Waals surface area contributed by atoms with Crippen LogP contribution in [-0.2, 0) is 17.8 Å². The fourth-order valence-electron chi connectivity index (χ4n) is 4.91. The minimum absolute atomic E-state index is 0.140. The third kappa shape index (κ3) is 10.1. The minimum Gasteiger partial charge on any atom is -0.481 e. The lowest BCUT2D eigenvalue weighted by molar-refractivity contribution is -0.118. The Labute approximate surface area is 289 Å². The number of amides is 1. The normalized spacial score (nSPS) is 11.2. The van der Waals surface area contributed by atoms with Crippen LogP contribution in [0.15, 0.2) is 102 Å². The SMILES string of the molecule is COc1cc(N)cc(-c2ccnc(C)c2)n1.COc1cc(NC(=O)[C@H](Cc2ccccc2)NCc2cscn2)cc(-c2ccnc(C)c2)n1. The molecular formula is C37H38N8O3S. The molecule has 0 saturated heterocycles. The van der Waals surface area contributed by atoms with Gasteiger partial charge in [-0.25, -0.2) is 15.0 Å². The van der Waals surface area contributed by atoms with E-state index < -0.39 is 6.04 Å². The Hall–Kier alpha value is -5.72. The van der Waals surface area contributed by atoms with Gasteiger partial charge in [-0.05, 0) is 62.2 Å². The summed E-state index contributed by atoms with van der Waals surface area (Å²) in [5, 5.41) is 8.36. The Balaban J connectivity index is 0.000000244. The molecule has 0 bridgehead atoms. The molecular weight excluding hydrogens is 637 g/mol. The van der Waals surface area contributed by atoms with Crippen molar-refractivity contribution in [2.45, 2.75) is 32.9 Å². The number of pyridine rings is 4. The number of hydrogen-bond acceptors (Lipinski definition) is 11. The molecule has 250 valence electrons. The van der Waals surface area contributed by atoms with Crippen LogP contribution in [0.2, 0.25) is 0 Å². The number of rotatable bonds is 11. The van der Waals surface area contributed by atoms with Gasteiger partial charge in [-0.2, -0.15) is 0 Å². The number of nitrogen functional groups attached to an aromatic ring is 1. The van der Waals surface area contributed by atoms with Crippen molar-refractivity contribution in [1.29, 1.82) is 0 Å². The molecule has 0 aliphatic heterocycles. The standard InChI is InChI=1S/C25H25N5O2S.C12H13N3O/c1-17-10-19(8-9-26-17)22-12-20(13-24(30-22)32-2)29-25(31)23(11-18-6-4-3-5-7-18)27-14-21-15-33-16-28-21;1-8-5-9(3-4-14-8)11-6-10(13)7-12(15-11)16-2/h3-10,12-13,15-16,23,27H,11,14H2,1-2H3,(H,29,30,31);3-7H,1-2H3,(H2,13,15)/t23-;/m0./s1. The fraction of sp³-hybridized carbons (Fsp3) is 0.189. The molecule has 11 nitrogen and oxygen atoms in total. The highest BCUT2D eigenvalue weighted by Crippen LogP contribution is 2.26. The lowest BCUT2D eigenvalue weighted by atomic mass is 10.0. The summed E-state index contributed by atoms with van der Waals surface area (Å²) < 4.78 is 10.5. The van der Waals surface area contributed by atoms with Gasteiger partial charge >= 0.3 is 0 Å². The second-order valence-corrected chi connectivity index (χ2v) is 11.8. The molecule has 4 N–H and O–H groups in total. The maximum atomic E-state index is 13.3.